The van der Waals surface area contributed by atoms with Crippen LogP contribution in [0.15, 0.2) is 18.2 Å². The molecule has 1 heterocycles. The first-order valence-electron chi connectivity index (χ1n) is 7.86. The third kappa shape index (κ3) is 5.41. The lowest BCUT2D eigenvalue weighted by Gasteiger charge is -2.09. The summed E-state index contributed by atoms with van der Waals surface area (Å²) in [4.78, 5) is 0. The van der Waals surface area contributed by atoms with Crippen LogP contribution in [0.4, 0.5) is 0 Å². The number of rotatable bonds is 10. The fourth-order valence-corrected chi connectivity index (χ4v) is 2.30. The Morgan fingerprint density at radius 1 is 1.20 bits per heavy atom. The smallest absolute Gasteiger partial charge is 0.119 e. The number of unbranched alkanes of at least 4 members (excludes halogenated alkanes) is 5. The van der Waals surface area contributed by atoms with Crippen LogP contribution in [0.2, 0.25) is 0 Å². The number of phenols is 1. The fraction of sp³-hybridized carbons (Fsp3) is 0.647. The molecule has 1 aliphatic rings. The van der Waals surface area contributed by atoms with Crippen molar-refractivity contribution in [3.05, 3.63) is 23.8 Å². The maximum absolute atomic E-state index is 9.89. The highest BCUT2D eigenvalue weighted by Gasteiger charge is 2.23. The lowest BCUT2D eigenvalue weighted by Crippen LogP contribution is -2.04. The van der Waals surface area contributed by atoms with Gasteiger partial charge in [0.1, 0.15) is 24.2 Å². The first kappa shape index (κ1) is 15.2. The minimum absolute atomic E-state index is 0.269. The predicted molar refractivity (Wildman–Crippen MR) is 80.4 cm³/mol. The number of epoxide rings is 1. The van der Waals surface area contributed by atoms with E-state index in [2.05, 4.69) is 6.92 Å². The van der Waals surface area contributed by atoms with Crippen molar-refractivity contribution in [1.29, 1.82) is 0 Å². The van der Waals surface area contributed by atoms with E-state index in [1.165, 1.54) is 32.1 Å². The number of aryl methyl sites for hydroxylation is 1. The highest BCUT2D eigenvalue weighted by molar-refractivity contribution is 5.39. The Morgan fingerprint density at radius 3 is 2.70 bits per heavy atom. The monoisotopic (exact) mass is 278 g/mol. The summed E-state index contributed by atoms with van der Waals surface area (Å²) in [5, 5.41) is 9.89. The van der Waals surface area contributed by atoms with Gasteiger partial charge in [-0.15, -0.1) is 0 Å². The van der Waals surface area contributed by atoms with Crippen molar-refractivity contribution in [3.8, 4) is 11.5 Å². The Labute approximate surface area is 121 Å². The van der Waals surface area contributed by atoms with Crippen LogP contribution in [0.5, 0.6) is 11.5 Å². The van der Waals surface area contributed by atoms with Crippen molar-refractivity contribution >= 4 is 0 Å². The molecule has 3 heteroatoms. The number of aromatic hydroxyl groups is 1. The van der Waals surface area contributed by atoms with Crippen molar-refractivity contribution in [1.82, 2.24) is 0 Å². The van der Waals surface area contributed by atoms with Gasteiger partial charge >= 0.3 is 0 Å². The molecule has 1 saturated heterocycles. The van der Waals surface area contributed by atoms with Gasteiger partial charge in [0.05, 0.1) is 6.61 Å². The summed E-state index contributed by atoms with van der Waals surface area (Å²) in [7, 11) is 0. The van der Waals surface area contributed by atoms with Gasteiger partial charge in [-0.1, -0.05) is 39.0 Å². The third-order valence-electron chi connectivity index (χ3n) is 3.69. The second kappa shape index (κ2) is 8.15. The fourth-order valence-electron chi connectivity index (χ4n) is 2.30. The van der Waals surface area contributed by atoms with Crippen molar-refractivity contribution in [2.24, 2.45) is 0 Å². The summed E-state index contributed by atoms with van der Waals surface area (Å²) in [6.07, 6.45) is 8.80. The Bertz CT molecular complexity index is 399. The number of phenolic OH excluding ortho intramolecular Hbond substituents is 1. The number of hydrogen-bond acceptors (Lipinski definition) is 3. The molecular weight excluding hydrogens is 252 g/mol. The van der Waals surface area contributed by atoms with Crippen molar-refractivity contribution in [2.45, 2.75) is 58.0 Å². The third-order valence-corrected chi connectivity index (χ3v) is 3.69. The van der Waals surface area contributed by atoms with Gasteiger partial charge in [-0.2, -0.15) is 0 Å². The summed E-state index contributed by atoms with van der Waals surface area (Å²) >= 11 is 0. The molecule has 3 nitrogen and oxygen atoms in total. The molecule has 112 valence electrons. The second-order valence-corrected chi connectivity index (χ2v) is 5.57. The summed E-state index contributed by atoms with van der Waals surface area (Å²) in [5.41, 5.74) is 0.995. The molecule has 1 unspecified atom stereocenters. The molecule has 0 aromatic heterocycles. The Kier molecular flexibility index (Phi) is 6.19. The van der Waals surface area contributed by atoms with Crippen LogP contribution in [0.25, 0.3) is 0 Å². The molecule has 0 spiro atoms. The quantitative estimate of drug-likeness (QED) is 0.518. The molecule has 20 heavy (non-hydrogen) atoms. The lowest BCUT2D eigenvalue weighted by molar-refractivity contribution is 0.262. The summed E-state index contributed by atoms with van der Waals surface area (Å²) < 4.78 is 10.8. The maximum atomic E-state index is 9.89. The van der Waals surface area contributed by atoms with Crippen LogP contribution in [0, 0.1) is 0 Å². The number of benzene rings is 1. The molecule has 1 aromatic rings. The van der Waals surface area contributed by atoms with E-state index in [4.69, 9.17) is 9.47 Å². The second-order valence-electron chi connectivity index (χ2n) is 5.57. The van der Waals surface area contributed by atoms with Crippen LogP contribution in [0.1, 0.15) is 51.0 Å². The number of ether oxygens (including phenoxy) is 2. The van der Waals surface area contributed by atoms with E-state index in [1.54, 1.807) is 6.07 Å². The van der Waals surface area contributed by atoms with E-state index in [-0.39, 0.29) is 6.10 Å². The summed E-state index contributed by atoms with van der Waals surface area (Å²) in [6.45, 7) is 3.65. The average Bonchev–Trinajstić information content (AvgIpc) is 3.27. The largest absolute Gasteiger partial charge is 0.508 e. The van der Waals surface area contributed by atoms with Gasteiger partial charge in [-0.05, 0) is 36.6 Å². The van der Waals surface area contributed by atoms with Crippen LogP contribution >= 0.6 is 0 Å². The van der Waals surface area contributed by atoms with E-state index < -0.39 is 0 Å². The molecule has 0 saturated carbocycles. The molecule has 1 atom stereocenters. The molecule has 1 fully saturated rings. The zero-order valence-corrected chi connectivity index (χ0v) is 12.4. The minimum atomic E-state index is 0.269. The first-order valence-corrected chi connectivity index (χ1v) is 7.86. The van der Waals surface area contributed by atoms with Crippen molar-refractivity contribution in [3.63, 3.8) is 0 Å². The molecule has 2 rings (SSSR count). The average molecular weight is 278 g/mol. The lowest BCUT2D eigenvalue weighted by atomic mass is 10.0. The molecule has 1 aromatic carbocycles. The maximum Gasteiger partial charge on any atom is 0.119 e. The Morgan fingerprint density at radius 2 is 1.95 bits per heavy atom. The molecule has 1 aliphatic heterocycles. The van der Waals surface area contributed by atoms with Gasteiger partial charge in [0.25, 0.3) is 0 Å². The normalized spacial score (nSPS) is 17.1. The van der Waals surface area contributed by atoms with Crippen LogP contribution in [-0.4, -0.2) is 24.4 Å². The van der Waals surface area contributed by atoms with Crippen molar-refractivity contribution in [2.75, 3.05) is 13.2 Å². The van der Waals surface area contributed by atoms with Gasteiger partial charge in [0, 0.05) is 0 Å². The highest BCUT2D eigenvalue weighted by atomic mass is 16.6. The van der Waals surface area contributed by atoms with Gasteiger partial charge in [0.15, 0.2) is 0 Å². The van der Waals surface area contributed by atoms with Crippen LogP contribution in [-0.2, 0) is 11.2 Å². The Balaban J connectivity index is 1.72. The first-order chi connectivity index (χ1) is 9.79. The van der Waals surface area contributed by atoms with E-state index in [9.17, 15) is 5.11 Å². The molecule has 0 bridgehead atoms. The molecule has 0 amide bonds. The summed E-state index contributed by atoms with van der Waals surface area (Å²) in [5.74, 6) is 1.22. The van der Waals surface area contributed by atoms with Gasteiger partial charge in [-0.25, -0.2) is 0 Å². The van der Waals surface area contributed by atoms with Crippen LogP contribution in [0.3, 0.4) is 0 Å². The standard InChI is InChI=1S/C17H26O3/c1-2-3-4-5-6-7-8-14-11-15(9-10-17(14)18)19-12-16-13-20-16/h9-11,16,18H,2-8,12-13H2,1H3. The topological polar surface area (TPSA) is 42.0 Å². The summed E-state index contributed by atoms with van der Waals surface area (Å²) in [6, 6.07) is 5.52. The molecule has 1 N–H and O–H groups in total. The molecule has 0 radical (unpaired) electrons. The number of hydrogen-bond donors (Lipinski definition) is 1. The molecule has 0 aliphatic carbocycles. The SMILES string of the molecule is CCCCCCCCc1cc(OCC2CO2)ccc1O. The molecular formula is C17H26O3. The Hall–Kier alpha value is -1.22. The van der Waals surface area contributed by atoms with E-state index >= 15 is 0 Å². The van der Waals surface area contributed by atoms with E-state index in [1.807, 2.05) is 12.1 Å². The highest BCUT2D eigenvalue weighted by Crippen LogP contribution is 2.25. The van der Waals surface area contributed by atoms with E-state index in [0.717, 1.165) is 30.8 Å². The van der Waals surface area contributed by atoms with Gasteiger partial charge < -0.3 is 14.6 Å². The van der Waals surface area contributed by atoms with Crippen LogP contribution < -0.4 is 4.74 Å². The predicted octanol–water partition coefficient (Wildman–Crippen LogP) is 4.07. The van der Waals surface area contributed by atoms with Gasteiger partial charge in [0.2, 0.25) is 0 Å². The van der Waals surface area contributed by atoms with E-state index in [0.29, 0.717) is 12.4 Å². The minimum Gasteiger partial charge on any atom is -0.508 e. The zero-order chi connectivity index (χ0) is 14.2. The zero-order valence-electron chi connectivity index (χ0n) is 12.4. The van der Waals surface area contributed by atoms with Gasteiger partial charge in [-0.3, -0.25) is 0 Å². The van der Waals surface area contributed by atoms with Crippen molar-refractivity contribution < 1.29 is 14.6 Å².